The topological polar surface area (TPSA) is 24.5 Å². The van der Waals surface area contributed by atoms with Crippen LogP contribution >= 0.6 is 11.3 Å². The van der Waals surface area contributed by atoms with Crippen molar-refractivity contribution in [3.63, 3.8) is 0 Å². The van der Waals surface area contributed by atoms with Gasteiger partial charge in [-0.25, -0.2) is 0 Å². The number of nitrogens with zero attached hydrogens (tertiary/aromatic N) is 1. The van der Waals surface area contributed by atoms with Crippen molar-refractivity contribution in [2.75, 3.05) is 39.9 Å². The lowest BCUT2D eigenvalue weighted by Crippen LogP contribution is -2.66. The minimum absolute atomic E-state index is 0.229. The molecule has 3 heterocycles. The predicted molar refractivity (Wildman–Crippen MR) is 70.8 cm³/mol. The maximum atomic E-state index is 5.55. The molecule has 3 rings (SSSR count). The lowest BCUT2D eigenvalue weighted by Gasteiger charge is -2.50. The number of hydrogen-bond acceptors (Lipinski definition) is 4. The minimum Gasteiger partial charge on any atom is -0.379 e. The highest BCUT2D eigenvalue weighted by Gasteiger charge is 2.49. The third kappa shape index (κ3) is 1.83. The van der Waals surface area contributed by atoms with Crippen LogP contribution in [0.25, 0.3) is 0 Å². The van der Waals surface area contributed by atoms with Crippen LogP contribution in [-0.2, 0) is 10.2 Å². The first-order valence-electron chi connectivity index (χ1n) is 6.27. The molecule has 1 unspecified atom stereocenters. The summed E-state index contributed by atoms with van der Waals surface area (Å²) >= 11 is 1.89. The van der Waals surface area contributed by atoms with E-state index in [1.807, 2.05) is 11.3 Å². The molecule has 1 aromatic rings. The van der Waals surface area contributed by atoms with Gasteiger partial charge in [0, 0.05) is 30.6 Å². The van der Waals surface area contributed by atoms with Crippen LogP contribution < -0.4 is 5.32 Å². The minimum atomic E-state index is 0.229. The van der Waals surface area contributed by atoms with Crippen molar-refractivity contribution < 1.29 is 4.74 Å². The molecule has 0 bridgehead atoms. The summed E-state index contributed by atoms with van der Waals surface area (Å²) in [5.74, 6) is 0. The normalized spacial score (nSPS) is 28.9. The standard InChI is InChI=1S/C13H20N2OS/c1-10-3-6-17-12(10)13(8-16-9-13)11-7-15(2)5-4-14-11/h3,6,11,14H,4-5,7-9H2,1-2H3. The summed E-state index contributed by atoms with van der Waals surface area (Å²) < 4.78 is 5.55. The van der Waals surface area contributed by atoms with Crippen molar-refractivity contribution in [1.82, 2.24) is 10.2 Å². The van der Waals surface area contributed by atoms with Crippen molar-refractivity contribution in [2.24, 2.45) is 0 Å². The van der Waals surface area contributed by atoms with E-state index in [0.29, 0.717) is 6.04 Å². The number of hydrogen-bond donors (Lipinski definition) is 1. The number of aryl methyl sites for hydroxylation is 1. The van der Waals surface area contributed by atoms with Crippen molar-refractivity contribution >= 4 is 11.3 Å². The van der Waals surface area contributed by atoms with Crippen LogP contribution in [0.5, 0.6) is 0 Å². The summed E-state index contributed by atoms with van der Waals surface area (Å²) in [6.07, 6.45) is 0. The Balaban J connectivity index is 1.89. The lowest BCUT2D eigenvalue weighted by atomic mass is 9.75. The first-order chi connectivity index (χ1) is 8.22. The highest BCUT2D eigenvalue weighted by Crippen LogP contribution is 2.41. The van der Waals surface area contributed by atoms with Gasteiger partial charge in [-0.15, -0.1) is 11.3 Å². The van der Waals surface area contributed by atoms with Gasteiger partial charge in [0.2, 0.25) is 0 Å². The van der Waals surface area contributed by atoms with E-state index < -0.39 is 0 Å². The van der Waals surface area contributed by atoms with Gasteiger partial charge in [-0.05, 0) is 31.0 Å². The van der Waals surface area contributed by atoms with Gasteiger partial charge < -0.3 is 15.0 Å². The van der Waals surface area contributed by atoms with E-state index in [9.17, 15) is 0 Å². The molecule has 0 amide bonds. The third-order valence-corrected chi connectivity index (χ3v) is 5.32. The molecule has 2 aliphatic rings. The summed E-state index contributed by atoms with van der Waals surface area (Å²) in [4.78, 5) is 3.95. The van der Waals surface area contributed by atoms with E-state index in [2.05, 4.69) is 35.6 Å². The van der Waals surface area contributed by atoms with Crippen molar-refractivity contribution in [3.05, 3.63) is 21.9 Å². The lowest BCUT2D eigenvalue weighted by molar-refractivity contribution is -0.0849. The summed E-state index contributed by atoms with van der Waals surface area (Å²) in [5.41, 5.74) is 1.65. The molecule has 2 fully saturated rings. The third-order valence-electron chi connectivity index (χ3n) is 4.08. The number of thiophene rings is 1. The average molecular weight is 252 g/mol. The second-order valence-electron chi connectivity index (χ2n) is 5.35. The average Bonchev–Trinajstić information content (AvgIpc) is 2.64. The molecule has 0 radical (unpaired) electrons. The molecule has 94 valence electrons. The Morgan fingerprint density at radius 3 is 2.88 bits per heavy atom. The van der Waals surface area contributed by atoms with Crippen LogP contribution in [0, 0.1) is 6.92 Å². The Kier molecular flexibility index (Phi) is 2.99. The fourth-order valence-corrected chi connectivity index (χ4v) is 4.12. The Morgan fingerprint density at radius 1 is 1.53 bits per heavy atom. The molecule has 1 aromatic heterocycles. The Bertz CT molecular complexity index is 400. The van der Waals surface area contributed by atoms with Crippen LogP contribution in [0.3, 0.4) is 0 Å². The van der Waals surface area contributed by atoms with Gasteiger partial charge >= 0.3 is 0 Å². The van der Waals surface area contributed by atoms with Gasteiger partial charge in [0.05, 0.1) is 18.6 Å². The molecule has 0 aliphatic carbocycles. The first-order valence-corrected chi connectivity index (χ1v) is 7.14. The zero-order chi connectivity index (χ0) is 11.9. The van der Waals surface area contributed by atoms with E-state index >= 15 is 0 Å². The molecule has 3 nitrogen and oxygen atoms in total. The quantitative estimate of drug-likeness (QED) is 0.857. The molecule has 1 atom stereocenters. The molecular weight excluding hydrogens is 232 g/mol. The van der Waals surface area contributed by atoms with Gasteiger partial charge in [-0.2, -0.15) is 0 Å². The molecule has 2 aliphatic heterocycles. The molecule has 2 saturated heterocycles. The maximum Gasteiger partial charge on any atom is 0.0681 e. The maximum absolute atomic E-state index is 5.55. The SMILES string of the molecule is Cc1ccsc1C1(C2CN(C)CCN2)COC1. The number of rotatable bonds is 2. The van der Waals surface area contributed by atoms with E-state index in [1.54, 1.807) is 0 Å². The zero-order valence-corrected chi connectivity index (χ0v) is 11.3. The van der Waals surface area contributed by atoms with Gasteiger partial charge in [-0.1, -0.05) is 0 Å². The molecule has 0 saturated carbocycles. The van der Waals surface area contributed by atoms with Crippen LogP contribution in [0.1, 0.15) is 10.4 Å². The largest absolute Gasteiger partial charge is 0.379 e. The van der Waals surface area contributed by atoms with E-state index in [-0.39, 0.29) is 5.41 Å². The molecule has 17 heavy (non-hydrogen) atoms. The first kappa shape index (κ1) is 11.7. The zero-order valence-electron chi connectivity index (χ0n) is 10.5. The summed E-state index contributed by atoms with van der Waals surface area (Å²) in [5, 5.41) is 5.90. The second kappa shape index (κ2) is 4.35. The van der Waals surface area contributed by atoms with Crippen molar-refractivity contribution in [1.29, 1.82) is 0 Å². The fourth-order valence-electron chi connectivity index (χ4n) is 2.96. The van der Waals surface area contributed by atoms with E-state index in [0.717, 1.165) is 32.8 Å². The molecule has 0 aromatic carbocycles. The van der Waals surface area contributed by atoms with Gasteiger partial charge in [0.25, 0.3) is 0 Å². The smallest absolute Gasteiger partial charge is 0.0681 e. The molecule has 1 N–H and O–H groups in total. The van der Waals surface area contributed by atoms with Crippen LogP contribution in [0.2, 0.25) is 0 Å². The summed E-state index contributed by atoms with van der Waals surface area (Å²) in [7, 11) is 2.21. The highest BCUT2D eigenvalue weighted by molar-refractivity contribution is 7.10. The van der Waals surface area contributed by atoms with E-state index in [1.165, 1.54) is 10.4 Å². The fraction of sp³-hybridized carbons (Fsp3) is 0.692. The van der Waals surface area contributed by atoms with Crippen LogP contribution in [0.15, 0.2) is 11.4 Å². The highest BCUT2D eigenvalue weighted by atomic mass is 32.1. The Labute approximate surface area is 107 Å². The molecular formula is C13H20N2OS. The number of piperazine rings is 1. The predicted octanol–water partition coefficient (Wildman–Crippen LogP) is 1.23. The number of likely N-dealkylation sites (N-methyl/N-ethyl adjacent to an activating group) is 1. The van der Waals surface area contributed by atoms with Crippen LogP contribution in [0.4, 0.5) is 0 Å². The summed E-state index contributed by atoms with van der Waals surface area (Å²) in [6.45, 7) is 7.34. The van der Waals surface area contributed by atoms with Crippen LogP contribution in [-0.4, -0.2) is 50.8 Å². The van der Waals surface area contributed by atoms with Crippen molar-refractivity contribution in [2.45, 2.75) is 18.4 Å². The number of ether oxygens (including phenoxy) is 1. The molecule has 0 spiro atoms. The Morgan fingerprint density at radius 2 is 2.35 bits per heavy atom. The van der Waals surface area contributed by atoms with Crippen molar-refractivity contribution in [3.8, 4) is 0 Å². The Hall–Kier alpha value is -0.420. The second-order valence-corrected chi connectivity index (χ2v) is 6.27. The van der Waals surface area contributed by atoms with E-state index in [4.69, 9.17) is 4.74 Å². The van der Waals surface area contributed by atoms with Gasteiger partial charge in [0.1, 0.15) is 0 Å². The molecule has 4 heteroatoms. The van der Waals surface area contributed by atoms with Gasteiger partial charge in [-0.3, -0.25) is 0 Å². The monoisotopic (exact) mass is 252 g/mol. The number of nitrogens with one attached hydrogen (secondary N) is 1. The summed E-state index contributed by atoms with van der Waals surface area (Å²) in [6, 6.07) is 2.76. The van der Waals surface area contributed by atoms with Gasteiger partial charge in [0.15, 0.2) is 0 Å².